The zero-order valence-corrected chi connectivity index (χ0v) is 9.00. The van der Waals surface area contributed by atoms with Gasteiger partial charge in [-0.1, -0.05) is 0 Å². The number of hydrogen-bond donors (Lipinski definition) is 2. The van der Waals surface area contributed by atoms with Crippen LogP contribution in [-0.2, 0) is 4.74 Å². The van der Waals surface area contributed by atoms with E-state index in [1.807, 2.05) is 0 Å². The van der Waals surface area contributed by atoms with Gasteiger partial charge in [0.05, 0.1) is 11.3 Å². The Morgan fingerprint density at radius 3 is 2.94 bits per heavy atom. The summed E-state index contributed by atoms with van der Waals surface area (Å²) in [4.78, 5) is 10.8. The predicted octanol–water partition coefficient (Wildman–Crippen LogP) is 1.97. The van der Waals surface area contributed by atoms with Crippen LogP contribution in [0.15, 0.2) is 18.2 Å². The molecule has 0 saturated carbocycles. The molecule has 5 heteroatoms. The summed E-state index contributed by atoms with van der Waals surface area (Å²) in [5, 5.41) is 11.7. The summed E-state index contributed by atoms with van der Waals surface area (Å²) in [5.74, 6) is -1.53. The molecule has 2 N–H and O–H groups in total. The van der Waals surface area contributed by atoms with Crippen molar-refractivity contribution in [3.05, 3.63) is 29.6 Å². The predicted molar refractivity (Wildman–Crippen MR) is 58.3 cm³/mol. The Bertz CT molecular complexity index is 368. The fourth-order valence-corrected chi connectivity index (χ4v) is 1.29. The van der Waals surface area contributed by atoms with Crippen molar-refractivity contribution in [1.82, 2.24) is 0 Å². The third kappa shape index (κ3) is 3.51. The normalized spacial score (nSPS) is 10.1. The van der Waals surface area contributed by atoms with Crippen molar-refractivity contribution in [2.24, 2.45) is 0 Å². The third-order valence-corrected chi connectivity index (χ3v) is 2.05. The molecular formula is C11H14FNO3. The van der Waals surface area contributed by atoms with Gasteiger partial charge in [0.2, 0.25) is 0 Å². The summed E-state index contributed by atoms with van der Waals surface area (Å²) in [7, 11) is 1.59. The van der Waals surface area contributed by atoms with Crippen LogP contribution in [0.25, 0.3) is 0 Å². The molecule has 1 aromatic rings. The third-order valence-electron chi connectivity index (χ3n) is 2.05. The minimum atomic E-state index is -1.07. The molecule has 0 aliphatic rings. The first-order valence-corrected chi connectivity index (χ1v) is 4.91. The summed E-state index contributed by atoms with van der Waals surface area (Å²) in [6.07, 6.45) is 0.728. The number of nitrogens with one attached hydrogen (secondary N) is 1. The number of carbonyl (C=O) groups is 1. The molecule has 0 amide bonds. The van der Waals surface area contributed by atoms with Crippen LogP contribution >= 0.6 is 0 Å². The molecule has 1 rings (SSSR count). The minimum absolute atomic E-state index is 0.0683. The molecule has 0 radical (unpaired) electrons. The van der Waals surface area contributed by atoms with E-state index in [0.29, 0.717) is 18.8 Å². The van der Waals surface area contributed by atoms with Crippen molar-refractivity contribution in [2.75, 3.05) is 25.6 Å². The van der Waals surface area contributed by atoms with E-state index in [0.717, 1.165) is 12.5 Å². The van der Waals surface area contributed by atoms with Crippen LogP contribution in [0.4, 0.5) is 10.1 Å². The Morgan fingerprint density at radius 2 is 2.31 bits per heavy atom. The number of hydrogen-bond acceptors (Lipinski definition) is 3. The van der Waals surface area contributed by atoms with Crippen molar-refractivity contribution in [2.45, 2.75) is 6.42 Å². The fourth-order valence-electron chi connectivity index (χ4n) is 1.29. The van der Waals surface area contributed by atoms with Gasteiger partial charge in [0.15, 0.2) is 0 Å². The molecule has 88 valence electrons. The van der Waals surface area contributed by atoms with Crippen LogP contribution in [0.1, 0.15) is 16.8 Å². The molecule has 0 aliphatic carbocycles. The van der Waals surface area contributed by atoms with Crippen molar-refractivity contribution >= 4 is 11.7 Å². The molecule has 0 aromatic heterocycles. The monoisotopic (exact) mass is 227 g/mol. The van der Waals surface area contributed by atoms with Gasteiger partial charge in [-0.3, -0.25) is 0 Å². The summed E-state index contributed by atoms with van der Waals surface area (Å²) < 4.78 is 17.8. The van der Waals surface area contributed by atoms with Crippen molar-refractivity contribution in [3.8, 4) is 0 Å². The van der Waals surface area contributed by atoms with E-state index in [2.05, 4.69) is 5.32 Å². The fraction of sp³-hybridized carbons (Fsp3) is 0.364. The molecule has 0 atom stereocenters. The summed E-state index contributed by atoms with van der Waals surface area (Å²) in [6, 6.07) is 3.55. The number of benzene rings is 1. The highest BCUT2D eigenvalue weighted by Crippen LogP contribution is 2.17. The quantitative estimate of drug-likeness (QED) is 0.729. The average molecular weight is 227 g/mol. The number of ether oxygens (including phenoxy) is 1. The first-order valence-electron chi connectivity index (χ1n) is 4.91. The second-order valence-electron chi connectivity index (χ2n) is 3.27. The van der Waals surface area contributed by atoms with Gasteiger partial charge in [-0.05, 0) is 24.6 Å². The molecule has 0 bridgehead atoms. The Kier molecular flexibility index (Phi) is 4.72. The van der Waals surface area contributed by atoms with Crippen LogP contribution in [-0.4, -0.2) is 31.3 Å². The summed E-state index contributed by atoms with van der Waals surface area (Å²) in [6.45, 7) is 1.11. The molecule has 16 heavy (non-hydrogen) atoms. The van der Waals surface area contributed by atoms with Gasteiger partial charge < -0.3 is 15.2 Å². The van der Waals surface area contributed by atoms with E-state index in [1.165, 1.54) is 12.1 Å². The zero-order valence-electron chi connectivity index (χ0n) is 9.00. The van der Waals surface area contributed by atoms with E-state index in [1.54, 1.807) is 7.11 Å². The van der Waals surface area contributed by atoms with E-state index in [-0.39, 0.29) is 5.56 Å². The lowest BCUT2D eigenvalue weighted by atomic mass is 10.1. The van der Waals surface area contributed by atoms with Crippen molar-refractivity contribution in [3.63, 3.8) is 0 Å². The van der Waals surface area contributed by atoms with Crippen LogP contribution in [0.2, 0.25) is 0 Å². The van der Waals surface area contributed by atoms with Gasteiger partial charge in [0.1, 0.15) is 5.82 Å². The van der Waals surface area contributed by atoms with Gasteiger partial charge in [-0.25, -0.2) is 9.18 Å². The Balaban J connectivity index is 2.68. The number of methoxy groups -OCH3 is 1. The van der Waals surface area contributed by atoms with E-state index in [4.69, 9.17) is 9.84 Å². The molecule has 0 saturated heterocycles. The van der Waals surface area contributed by atoms with Gasteiger partial charge in [-0.2, -0.15) is 0 Å². The van der Waals surface area contributed by atoms with Crippen LogP contribution in [0, 0.1) is 5.82 Å². The number of carboxylic acid groups (broad SMARTS) is 1. The minimum Gasteiger partial charge on any atom is -0.478 e. The standard InChI is InChI=1S/C11H14FNO3/c1-16-6-2-5-13-10-7-8(12)3-4-9(10)11(14)15/h3-4,7,13H,2,5-6H2,1H3,(H,14,15). The summed E-state index contributed by atoms with van der Waals surface area (Å²) >= 11 is 0. The van der Waals surface area contributed by atoms with E-state index in [9.17, 15) is 9.18 Å². The van der Waals surface area contributed by atoms with Gasteiger partial charge in [-0.15, -0.1) is 0 Å². The Morgan fingerprint density at radius 1 is 1.56 bits per heavy atom. The smallest absolute Gasteiger partial charge is 0.337 e. The van der Waals surface area contributed by atoms with Gasteiger partial charge in [0, 0.05) is 20.3 Å². The highest BCUT2D eigenvalue weighted by Gasteiger charge is 2.10. The molecule has 0 fully saturated rings. The summed E-state index contributed by atoms with van der Waals surface area (Å²) in [5.41, 5.74) is 0.363. The lowest BCUT2D eigenvalue weighted by molar-refractivity contribution is 0.0698. The highest BCUT2D eigenvalue weighted by atomic mass is 19.1. The van der Waals surface area contributed by atoms with Crippen LogP contribution in [0.3, 0.4) is 0 Å². The largest absolute Gasteiger partial charge is 0.478 e. The molecule has 0 aliphatic heterocycles. The van der Waals surface area contributed by atoms with Crippen LogP contribution in [0.5, 0.6) is 0 Å². The zero-order chi connectivity index (χ0) is 12.0. The highest BCUT2D eigenvalue weighted by molar-refractivity contribution is 5.94. The maximum absolute atomic E-state index is 12.9. The molecule has 0 spiro atoms. The topological polar surface area (TPSA) is 58.6 Å². The first kappa shape index (κ1) is 12.4. The average Bonchev–Trinajstić information content (AvgIpc) is 2.24. The van der Waals surface area contributed by atoms with Gasteiger partial charge in [0.25, 0.3) is 0 Å². The Hall–Kier alpha value is -1.62. The number of aromatic carboxylic acids is 1. The maximum atomic E-state index is 12.9. The number of halogens is 1. The Labute approximate surface area is 93.0 Å². The maximum Gasteiger partial charge on any atom is 0.337 e. The molecule has 0 heterocycles. The lowest BCUT2D eigenvalue weighted by Crippen LogP contribution is -2.09. The lowest BCUT2D eigenvalue weighted by Gasteiger charge is -2.09. The molecule has 1 aromatic carbocycles. The number of rotatable bonds is 6. The molecule has 4 nitrogen and oxygen atoms in total. The van der Waals surface area contributed by atoms with Crippen molar-refractivity contribution < 1.29 is 19.0 Å². The van der Waals surface area contributed by atoms with Crippen molar-refractivity contribution in [1.29, 1.82) is 0 Å². The molecular weight excluding hydrogens is 213 g/mol. The molecule has 0 unspecified atom stereocenters. The second kappa shape index (κ2) is 6.07. The SMILES string of the molecule is COCCCNc1cc(F)ccc1C(=O)O. The number of anilines is 1. The number of carboxylic acids is 1. The second-order valence-corrected chi connectivity index (χ2v) is 3.27. The van der Waals surface area contributed by atoms with E-state index >= 15 is 0 Å². The first-order chi connectivity index (χ1) is 7.65. The van der Waals surface area contributed by atoms with E-state index < -0.39 is 11.8 Å². The van der Waals surface area contributed by atoms with Crippen LogP contribution < -0.4 is 5.32 Å². The van der Waals surface area contributed by atoms with Gasteiger partial charge >= 0.3 is 5.97 Å².